The van der Waals surface area contributed by atoms with Gasteiger partial charge in [-0.05, 0) is 37.6 Å². The zero-order chi connectivity index (χ0) is 17.3. The van der Waals surface area contributed by atoms with E-state index in [0.29, 0.717) is 22.3 Å². The van der Waals surface area contributed by atoms with Crippen LogP contribution in [-0.2, 0) is 7.05 Å². The van der Waals surface area contributed by atoms with Crippen molar-refractivity contribution < 1.29 is 4.79 Å². The predicted octanol–water partition coefficient (Wildman–Crippen LogP) is 2.73. The first-order chi connectivity index (χ1) is 11.5. The van der Waals surface area contributed by atoms with Crippen LogP contribution >= 0.6 is 0 Å². The Balaban J connectivity index is 1.90. The van der Waals surface area contributed by atoms with E-state index in [1.807, 2.05) is 37.3 Å². The van der Waals surface area contributed by atoms with E-state index in [-0.39, 0.29) is 17.5 Å². The van der Waals surface area contributed by atoms with Gasteiger partial charge in [0.2, 0.25) is 0 Å². The average molecular weight is 321 g/mol. The van der Waals surface area contributed by atoms with Crippen LogP contribution < -0.4 is 10.9 Å². The van der Waals surface area contributed by atoms with Crippen LogP contribution in [0.5, 0.6) is 0 Å². The number of carbonyl (C=O) groups is 1. The number of amides is 1. The Bertz CT molecular complexity index is 962. The molecule has 5 heteroatoms. The van der Waals surface area contributed by atoms with Gasteiger partial charge >= 0.3 is 0 Å². The van der Waals surface area contributed by atoms with Crippen LogP contribution in [0.1, 0.15) is 34.6 Å². The third-order valence-electron chi connectivity index (χ3n) is 4.15. The van der Waals surface area contributed by atoms with Crippen molar-refractivity contribution in [3.63, 3.8) is 0 Å². The summed E-state index contributed by atoms with van der Waals surface area (Å²) in [6.45, 7) is 3.62. The molecule has 0 bridgehead atoms. The highest BCUT2D eigenvalue weighted by atomic mass is 16.1. The molecule has 3 aromatic rings. The highest BCUT2D eigenvalue weighted by Crippen LogP contribution is 2.15. The third-order valence-corrected chi connectivity index (χ3v) is 4.15. The number of rotatable bonds is 3. The maximum absolute atomic E-state index is 12.5. The number of hydrogen-bond acceptors (Lipinski definition) is 3. The van der Waals surface area contributed by atoms with Crippen LogP contribution in [0, 0.1) is 6.92 Å². The van der Waals surface area contributed by atoms with Gasteiger partial charge in [0.15, 0.2) is 0 Å². The highest BCUT2D eigenvalue weighted by molar-refractivity contribution is 5.97. The number of fused-ring (bicyclic) bond motifs is 1. The second kappa shape index (κ2) is 6.28. The molecule has 0 radical (unpaired) electrons. The molecule has 2 aromatic carbocycles. The first kappa shape index (κ1) is 15.9. The summed E-state index contributed by atoms with van der Waals surface area (Å²) in [5, 5.41) is 2.98. The van der Waals surface area contributed by atoms with E-state index in [2.05, 4.69) is 10.3 Å². The van der Waals surface area contributed by atoms with Gasteiger partial charge < -0.3 is 9.88 Å². The van der Waals surface area contributed by atoms with Gasteiger partial charge in [0.05, 0.1) is 17.1 Å². The summed E-state index contributed by atoms with van der Waals surface area (Å²) in [5.74, 6) is -0.165. The Morgan fingerprint density at radius 3 is 2.58 bits per heavy atom. The monoisotopic (exact) mass is 321 g/mol. The predicted molar refractivity (Wildman–Crippen MR) is 94.0 cm³/mol. The molecule has 0 aliphatic rings. The molecule has 0 aliphatic heterocycles. The van der Waals surface area contributed by atoms with Gasteiger partial charge in [-0.25, -0.2) is 4.98 Å². The molecule has 1 aromatic heterocycles. The fourth-order valence-corrected chi connectivity index (χ4v) is 2.72. The van der Waals surface area contributed by atoms with Crippen LogP contribution in [0.4, 0.5) is 0 Å². The third kappa shape index (κ3) is 2.93. The molecule has 1 N–H and O–H groups in total. The Hall–Kier alpha value is -2.95. The average Bonchev–Trinajstić information content (AvgIpc) is 2.60. The number of nitrogens with one attached hydrogen (secondary N) is 1. The zero-order valence-corrected chi connectivity index (χ0v) is 13.9. The van der Waals surface area contributed by atoms with Gasteiger partial charge in [0.1, 0.15) is 5.69 Å². The van der Waals surface area contributed by atoms with Crippen LogP contribution in [0.2, 0.25) is 0 Å². The van der Waals surface area contributed by atoms with Crippen molar-refractivity contribution in [2.75, 3.05) is 0 Å². The van der Waals surface area contributed by atoms with Crippen LogP contribution in [0.25, 0.3) is 11.0 Å². The van der Waals surface area contributed by atoms with Gasteiger partial charge in [0, 0.05) is 12.6 Å². The van der Waals surface area contributed by atoms with Gasteiger partial charge in [-0.15, -0.1) is 0 Å². The standard InChI is InChI=1S/C19H19N3O2/c1-12(14-7-5-4-6-8-14)21-18(23)15-9-10-17-16(11-15)20-13(2)19(24)22(17)3/h4-12H,1-3H3,(H,21,23)/t12-/m1/s1. The number of benzene rings is 2. The molecule has 0 saturated carbocycles. The molecule has 122 valence electrons. The Labute approximate surface area is 140 Å². The summed E-state index contributed by atoms with van der Waals surface area (Å²) in [5.41, 5.74) is 3.20. The van der Waals surface area contributed by atoms with Crippen molar-refractivity contribution in [3.8, 4) is 0 Å². The van der Waals surface area contributed by atoms with Gasteiger partial charge in [-0.3, -0.25) is 9.59 Å². The Morgan fingerprint density at radius 2 is 1.88 bits per heavy atom. The smallest absolute Gasteiger partial charge is 0.272 e. The molecule has 24 heavy (non-hydrogen) atoms. The van der Waals surface area contributed by atoms with E-state index in [9.17, 15) is 9.59 Å². The number of hydrogen-bond donors (Lipinski definition) is 1. The van der Waals surface area contributed by atoms with E-state index in [1.165, 1.54) is 0 Å². The van der Waals surface area contributed by atoms with Crippen molar-refractivity contribution in [3.05, 3.63) is 75.7 Å². The molecule has 0 saturated heterocycles. The highest BCUT2D eigenvalue weighted by Gasteiger charge is 2.13. The van der Waals surface area contributed by atoms with E-state index >= 15 is 0 Å². The largest absolute Gasteiger partial charge is 0.346 e. The second-order valence-corrected chi connectivity index (χ2v) is 5.87. The van der Waals surface area contributed by atoms with Crippen molar-refractivity contribution in [2.45, 2.75) is 19.9 Å². The molecule has 1 atom stereocenters. The molecule has 3 rings (SSSR count). The van der Waals surface area contributed by atoms with Crippen molar-refractivity contribution in [1.82, 2.24) is 14.9 Å². The van der Waals surface area contributed by atoms with E-state index in [0.717, 1.165) is 5.56 Å². The maximum Gasteiger partial charge on any atom is 0.272 e. The minimum Gasteiger partial charge on any atom is -0.346 e. The van der Waals surface area contributed by atoms with Gasteiger partial charge in [-0.2, -0.15) is 0 Å². The van der Waals surface area contributed by atoms with Gasteiger partial charge in [-0.1, -0.05) is 30.3 Å². The van der Waals surface area contributed by atoms with E-state index in [1.54, 1.807) is 36.7 Å². The lowest BCUT2D eigenvalue weighted by molar-refractivity contribution is 0.0940. The summed E-state index contributed by atoms with van der Waals surface area (Å²) in [4.78, 5) is 28.7. The number of carbonyl (C=O) groups excluding carboxylic acids is 1. The fourth-order valence-electron chi connectivity index (χ4n) is 2.72. The van der Waals surface area contributed by atoms with Crippen LogP contribution in [-0.4, -0.2) is 15.5 Å². The molecule has 5 nitrogen and oxygen atoms in total. The minimum atomic E-state index is -0.165. The lowest BCUT2D eigenvalue weighted by atomic mass is 10.1. The van der Waals surface area contributed by atoms with Crippen molar-refractivity contribution >= 4 is 16.9 Å². The summed E-state index contributed by atoms with van der Waals surface area (Å²) in [6, 6.07) is 14.9. The minimum absolute atomic E-state index is 0.0933. The molecule has 0 fully saturated rings. The number of nitrogens with zero attached hydrogens (tertiary/aromatic N) is 2. The maximum atomic E-state index is 12.5. The molecular weight excluding hydrogens is 302 g/mol. The molecule has 0 aliphatic carbocycles. The normalized spacial score (nSPS) is 12.1. The van der Waals surface area contributed by atoms with Crippen LogP contribution in [0.3, 0.4) is 0 Å². The topological polar surface area (TPSA) is 64.0 Å². The first-order valence-electron chi connectivity index (χ1n) is 7.80. The summed E-state index contributed by atoms with van der Waals surface area (Å²) < 4.78 is 1.55. The summed E-state index contributed by atoms with van der Waals surface area (Å²) in [6.07, 6.45) is 0. The Morgan fingerprint density at radius 1 is 1.17 bits per heavy atom. The van der Waals surface area contributed by atoms with Crippen molar-refractivity contribution in [2.24, 2.45) is 7.05 Å². The molecular formula is C19H19N3O2. The molecule has 1 heterocycles. The lowest BCUT2D eigenvalue weighted by Gasteiger charge is -2.15. The van der Waals surface area contributed by atoms with E-state index < -0.39 is 0 Å². The first-order valence-corrected chi connectivity index (χ1v) is 7.80. The Kier molecular flexibility index (Phi) is 4.16. The summed E-state index contributed by atoms with van der Waals surface area (Å²) >= 11 is 0. The number of aryl methyl sites for hydroxylation is 2. The molecule has 0 spiro atoms. The van der Waals surface area contributed by atoms with Crippen molar-refractivity contribution in [1.29, 1.82) is 0 Å². The van der Waals surface area contributed by atoms with Gasteiger partial charge in [0.25, 0.3) is 11.5 Å². The fraction of sp³-hybridized carbons (Fsp3) is 0.211. The number of aromatic nitrogens is 2. The lowest BCUT2D eigenvalue weighted by Crippen LogP contribution is -2.27. The second-order valence-electron chi connectivity index (χ2n) is 5.87. The quantitative estimate of drug-likeness (QED) is 0.807. The van der Waals surface area contributed by atoms with E-state index in [4.69, 9.17) is 0 Å². The molecule has 0 unspecified atom stereocenters. The summed E-state index contributed by atoms with van der Waals surface area (Å²) in [7, 11) is 1.70. The molecule has 1 amide bonds. The SMILES string of the molecule is Cc1nc2cc(C(=O)N[C@H](C)c3ccccc3)ccc2n(C)c1=O. The zero-order valence-electron chi connectivity index (χ0n) is 13.9. The van der Waals surface area contributed by atoms with Crippen LogP contribution in [0.15, 0.2) is 53.3 Å².